The Morgan fingerprint density at radius 1 is 0.495 bits per heavy atom. The molecule has 0 aromatic heterocycles. The summed E-state index contributed by atoms with van der Waals surface area (Å²) >= 11 is 0. The molecule has 0 unspecified atom stereocenters. The van der Waals surface area contributed by atoms with Crippen LogP contribution in [-0.4, -0.2) is 316 Å². The Hall–Kier alpha value is -3.42. The second kappa shape index (κ2) is 49.9. The SMILES string of the molecule is CCCCCCCCCCCCC/C=C/[C@@H](O)[C@H](CO[C@@H]1O[C@H](CO)[C@@H](O[C@@H]2O[C@H](CO)[C@H](O[C@@H]3O[C@H](CO)[C@H](O)[C@H](O[C@@H]4O[C@H](CO)[C@H](O)[C@H](O)[C@H]4O)[C@H]3NC(C)=O)[C@H](O[C@]3(C(=O)[O-])C[C@H](O)[C@@H](NC(C)=O)[C@H]([C@H](O)[C@H](O)CO)O3)[C@H]2O)[C@H](O)[C@H]1O)NC(=O)CCCCCCCCCCCCCCCCC. The number of rotatable bonds is 52. The van der Waals surface area contributed by atoms with Crippen LogP contribution in [0.25, 0.3) is 0 Å². The van der Waals surface area contributed by atoms with E-state index >= 15 is 0 Å². The maximum Gasteiger partial charge on any atom is 0.220 e. The molecule has 34 nitrogen and oxygen atoms in total. The Balaban J connectivity index is 1.40. The van der Waals surface area contributed by atoms with Gasteiger partial charge in [0.1, 0.15) is 122 Å². The zero-order valence-corrected chi connectivity index (χ0v) is 62.8. The number of hydrogen-bond donors (Lipinski definition) is 19. The molecule has 5 saturated heterocycles. The first-order chi connectivity index (χ1) is 51.3. The minimum Gasteiger partial charge on any atom is -0.544 e. The summed E-state index contributed by atoms with van der Waals surface area (Å²) in [4.78, 5) is 52.8. The molecule has 5 rings (SSSR count). The van der Waals surface area contributed by atoms with Crippen LogP contribution in [0.2, 0.25) is 0 Å². The second-order valence-corrected chi connectivity index (χ2v) is 29.3. The molecule has 5 heterocycles. The number of nitrogens with one attached hydrogen (secondary N) is 3. The molecule has 107 heavy (non-hydrogen) atoms. The first-order valence-corrected chi connectivity index (χ1v) is 39.1. The predicted octanol–water partition coefficient (Wildman–Crippen LogP) is -2.38. The number of carboxylic acid groups (broad SMARTS) is 1. The summed E-state index contributed by atoms with van der Waals surface area (Å²) in [5.41, 5.74) is 0. The van der Waals surface area contributed by atoms with E-state index in [0.717, 1.165) is 71.6 Å². The van der Waals surface area contributed by atoms with Crippen LogP contribution >= 0.6 is 0 Å². The number of unbranched alkanes of at least 4 members (excludes halogenated alkanes) is 25. The molecule has 5 aliphatic heterocycles. The first kappa shape index (κ1) is 94.2. The molecule has 0 aliphatic carbocycles. The lowest BCUT2D eigenvalue weighted by Gasteiger charge is -2.54. The number of carboxylic acids is 1. The fraction of sp³-hybridized carbons (Fsp3) is 0.918. The summed E-state index contributed by atoms with van der Waals surface area (Å²) < 4.78 is 59.9. The van der Waals surface area contributed by atoms with E-state index in [1.807, 2.05) is 6.08 Å². The summed E-state index contributed by atoms with van der Waals surface area (Å²) in [5, 5.41) is 199. The maximum absolute atomic E-state index is 13.7. The van der Waals surface area contributed by atoms with Crippen molar-refractivity contribution >= 4 is 23.7 Å². The zero-order chi connectivity index (χ0) is 78.8. The minimum atomic E-state index is -3.49. The summed E-state index contributed by atoms with van der Waals surface area (Å²) in [6, 6.07) is -4.85. The van der Waals surface area contributed by atoms with Gasteiger partial charge >= 0.3 is 0 Å². The van der Waals surface area contributed by atoms with Crippen molar-refractivity contribution in [3.8, 4) is 0 Å². The van der Waals surface area contributed by atoms with Crippen LogP contribution < -0.4 is 21.1 Å². The number of aliphatic hydroxyl groups excluding tert-OH is 16. The number of aliphatic carboxylic acids is 1. The van der Waals surface area contributed by atoms with Crippen LogP contribution in [0, 0.1) is 0 Å². The topological polar surface area (TPSA) is 543 Å². The lowest BCUT2D eigenvalue weighted by Crippen LogP contribution is -2.73. The van der Waals surface area contributed by atoms with Gasteiger partial charge in [0.05, 0.1) is 63.9 Å². The molecule has 34 heteroatoms. The van der Waals surface area contributed by atoms with Crippen LogP contribution in [0.3, 0.4) is 0 Å². The number of carbonyl (C=O) groups excluding carboxylic acids is 4. The van der Waals surface area contributed by atoms with Gasteiger partial charge in [-0.3, -0.25) is 14.4 Å². The van der Waals surface area contributed by atoms with Gasteiger partial charge in [-0.1, -0.05) is 180 Å². The molecule has 624 valence electrons. The largest absolute Gasteiger partial charge is 0.544 e. The minimum absolute atomic E-state index is 0.132. The number of carbonyl (C=O) groups is 4. The lowest BCUT2D eigenvalue weighted by molar-refractivity contribution is -0.421. The molecule has 3 amide bonds. The fourth-order valence-electron chi connectivity index (χ4n) is 14.3. The highest BCUT2D eigenvalue weighted by molar-refractivity contribution is 5.76. The smallest absolute Gasteiger partial charge is 0.220 e. The van der Waals surface area contributed by atoms with Gasteiger partial charge in [-0.05, 0) is 19.3 Å². The van der Waals surface area contributed by atoms with Crippen LogP contribution in [0.15, 0.2) is 12.2 Å². The Bertz CT molecular complexity index is 2500. The number of hydrogen-bond acceptors (Lipinski definition) is 31. The van der Waals surface area contributed by atoms with E-state index in [4.69, 9.17) is 47.4 Å². The Kier molecular flexibility index (Phi) is 44.0. The monoisotopic (exact) mass is 1540 g/mol. The van der Waals surface area contributed by atoms with Gasteiger partial charge in [0.25, 0.3) is 0 Å². The molecule has 0 aromatic carbocycles. The summed E-state index contributed by atoms with van der Waals surface area (Å²) in [7, 11) is 0. The van der Waals surface area contributed by atoms with Gasteiger partial charge in [0.2, 0.25) is 23.5 Å². The molecular formula is C73H130N3O31-. The van der Waals surface area contributed by atoms with Gasteiger partial charge in [0.15, 0.2) is 25.2 Å². The molecule has 28 atom stereocenters. The van der Waals surface area contributed by atoms with E-state index in [1.54, 1.807) is 0 Å². The summed E-state index contributed by atoms with van der Waals surface area (Å²) in [6.07, 6.45) is -17.3. The van der Waals surface area contributed by atoms with Gasteiger partial charge in [-0.15, -0.1) is 0 Å². The number of ether oxygens (including phenoxy) is 10. The maximum atomic E-state index is 13.7. The van der Waals surface area contributed by atoms with Crippen LogP contribution in [0.1, 0.15) is 214 Å². The van der Waals surface area contributed by atoms with Crippen LogP contribution in [0.4, 0.5) is 0 Å². The number of allylic oxidation sites excluding steroid dienone is 1. The average Bonchev–Trinajstić information content (AvgIpc) is 0.750. The Morgan fingerprint density at radius 2 is 0.935 bits per heavy atom. The highest BCUT2D eigenvalue weighted by atomic mass is 16.8. The molecule has 0 saturated carbocycles. The molecule has 0 spiro atoms. The molecule has 5 aliphatic rings. The van der Waals surface area contributed by atoms with E-state index in [0.29, 0.717) is 12.8 Å². The number of aliphatic hydroxyl groups is 16. The van der Waals surface area contributed by atoms with Crippen molar-refractivity contribution in [3.63, 3.8) is 0 Å². The molecule has 5 fully saturated rings. The zero-order valence-electron chi connectivity index (χ0n) is 62.8. The first-order valence-electron chi connectivity index (χ1n) is 39.1. The third-order valence-corrected chi connectivity index (χ3v) is 20.6. The Labute approximate surface area is 627 Å². The van der Waals surface area contributed by atoms with Gasteiger partial charge in [0, 0.05) is 26.7 Å². The highest BCUT2D eigenvalue weighted by Crippen LogP contribution is 2.41. The Morgan fingerprint density at radius 3 is 1.45 bits per heavy atom. The molecule has 0 radical (unpaired) electrons. The highest BCUT2D eigenvalue weighted by Gasteiger charge is 2.61. The number of amides is 3. The van der Waals surface area contributed by atoms with E-state index in [1.165, 1.54) is 109 Å². The standard InChI is InChI=1S/C73H131N3O31/c1-5-7-9-11-13-15-17-19-20-22-24-26-28-30-32-34-52(87)76-44(45(84)33-31-29-27-25-23-21-18-16-14-12-10-8-6-2)41-98-69-61(94)59(92)63(50(39-80)101-69)103-71-62(95)67(107-73(72(96)97)35-46(85)53(74-42(3)82)66(106-73)55(88)47(86)36-77)64(51(40-81)102-71)104-68-54(75-43(4)83)65(57(90)49(38-79)99-68)105-70-60(93)58(91)56(89)48(37-78)100-70/h31,33,44-51,53-71,77-81,84-86,88-95H,5-30,32,34-41H2,1-4H3,(H,74,82)(H,75,83)(H,76,87)(H,96,97)/p-1/b33-31+/t44-,45+,46-,47+,48+,49+,50+,51+,53+,54+,55+,56-,57-,58-,59+,60+,61+,62+,63+,64-,65+,66+,67+,68-,69+,70-,71-,73-/m0/s1. The lowest BCUT2D eigenvalue weighted by atomic mass is 9.88. The van der Waals surface area contributed by atoms with Gasteiger partial charge in [-0.25, -0.2) is 0 Å². The second-order valence-electron chi connectivity index (χ2n) is 29.3. The summed E-state index contributed by atoms with van der Waals surface area (Å²) in [5.74, 6) is -8.10. The van der Waals surface area contributed by atoms with Crippen molar-refractivity contribution in [2.45, 2.75) is 385 Å². The van der Waals surface area contributed by atoms with Crippen molar-refractivity contribution in [1.82, 2.24) is 16.0 Å². The van der Waals surface area contributed by atoms with Crippen molar-refractivity contribution in [3.05, 3.63) is 12.2 Å². The van der Waals surface area contributed by atoms with Gasteiger partial charge in [-0.2, -0.15) is 0 Å². The fourth-order valence-corrected chi connectivity index (χ4v) is 14.3. The van der Waals surface area contributed by atoms with E-state index in [9.17, 15) is 106 Å². The van der Waals surface area contributed by atoms with Crippen molar-refractivity contribution < 1.29 is 153 Å². The molecule has 0 bridgehead atoms. The third kappa shape index (κ3) is 29.2. The average molecular weight is 1550 g/mol. The predicted molar refractivity (Wildman–Crippen MR) is 376 cm³/mol. The molecule has 0 aromatic rings. The molecule has 19 N–H and O–H groups in total. The van der Waals surface area contributed by atoms with Crippen molar-refractivity contribution in [2.75, 3.05) is 39.6 Å². The van der Waals surface area contributed by atoms with E-state index in [-0.39, 0.29) is 12.3 Å². The quantitative estimate of drug-likeness (QED) is 0.0223. The van der Waals surface area contributed by atoms with E-state index < -0.39 is 235 Å². The normalized spacial score (nSPS) is 34.6. The van der Waals surface area contributed by atoms with Crippen LogP contribution in [0.5, 0.6) is 0 Å². The summed E-state index contributed by atoms with van der Waals surface area (Å²) in [6.45, 7) is 0.239. The van der Waals surface area contributed by atoms with Crippen molar-refractivity contribution in [1.29, 1.82) is 0 Å². The van der Waals surface area contributed by atoms with Gasteiger partial charge < -0.3 is 155 Å². The van der Waals surface area contributed by atoms with Crippen molar-refractivity contribution in [2.24, 2.45) is 0 Å². The molecular weight excluding hydrogens is 1410 g/mol. The van der Waals surface area contributed by atoms with Crippen LogP contribution in [-0.2, 0) is 66.5 Å². The third-order valence-electron chi connectivity index (χ3n) is 20.6. The van der Waals surface area contributed by atoms with E-state index in [2.05, 4.69) is 29.8 Å².